The van der Waals surface area contributed by atoms with E-state index in [4.69, 9.17) is 4.84 Å². The van der Waals surface area contributed by atoms with Gasteiger partial charge in [0.25, 0.3) is 5.69 Å². The predicted octanol–water partition coefficient (Wildman–Crippen LogP) is 2.77. The minimum atomic E-state index is -0.442. The molecule has 4 aliphatic rings. The second-order valence-electron chi connectivity index (χ2n) is 8.34. The number of benzene rings is 2. The minimum absolute atomic E-state index is 0.0119. The van der Waals surface area contributed by atoms with Crippen molar-refractivity contribution in [1.29, 1.82) is 0 Å². The molecule has 2 heterocycles. The lowest BCUT2D eigenvalue weighted by atomic mass is 9.71. The van der Waals surface area contributed by atoms with Crippen LogP contribution in [0.3, 0.4) is 0 Å². The molecule has 0 aromatic heterocycles. The number of carbonyl (C=O) groups is 2. The molecular formula is C22H17N3O5. The summed E-state index contributed by atoms with van der Waals surface area (Å²) in [6, 6.07) is 15.3. The molecule has 8 nitrogen and oxygen atoms in total. The number of fused-ring (bicyclic) bond motifs is 8. The Morgan fingerprint density at radius 3 is 2.27 bits per heavy atom. The summed E-state index contributed by atoms with van der Waals surface area (Å²) in [6.45, 7) is 0. The molecule has 150 valence electrons. The number of oxime groups is 1. The van der Waals surface area contributed by atoms with E-state index in [-0.39, 0.29) is 53.2 Å². The molecule has 2 aromatic rings. The monoisotopic (exact) mass is 403 g/mol. The van der Waals surface area contributed by atoms with Crippen molar-refractivity contribution in [1.82, 2.24) is 0 Å². The maximum atomic E-state index is 13.3. The first kappa shape index (κ1) is 17.3. The van der Waals surface area contributed by atoms with Crippen molar-refractivity contribution in [3.05, 3.63) is 70.3 Å². The molecule has 2 amide bonds. The molecule has 0 spiro atoms. The van der Waals surface area contributed by atoms with Gasteiger partial charge in [0, 0.05) is 29.5 Å². The van der Waals surface area contributed by atoms with Crippen LogP contribution >= 0.6 is 0 Å². The number of nitro benzene ring substituents is 1. The second-order valence-corrected chi connectivity index (χ2v) is 8.34. The molecule has 0 radical (unpaired) electrons. The molecule has 3 fully saturated rings. The third-order valence-corrected chi connectivity index (χ3v) is 7.08. The Balaban J connectivity index is 1.33. The summed E-state index contributed by atoms with van der Waals surface area (Å²) in [5.41, 5.74) is 2.10. The van der Waals surface area contributed by atoms with Gasteiger partial charge < -0.3 is 4.84 Å². The number of para-hydroxylation sites is 1. The Morgan fingerprint density at radius 1 is 0.933 bits per heavy atom. The molecule has 2 saturated carbocycles. The molecule has 30 heavy (non-hydrogen) atoms. The van der Waals surface area contributed by atoms with E-state index in [1.165, 1.54) is 17.0 Å². The fraction of sp³-hybridized carbons (Fsp3) is 0.318. The first-order valence-corrected chi connectivity index (χ1v) is 9.97. The Hall–Kier alpha value is -3.55. The second kappa shape index (κ2) is 5.98. The highest BCUT2D eigenvalue weighted by Crippen LogP contribution is 2.62. The number of anilines is 1. The molecule has 2 aliphatic carbocycles. The van der Waals surface area contributed by atoms with Crippen LogP contribution in [-0.2, 0) is 14.4 Å². The zero-order valence-corrected chi connectivity index (χ0v) is 15.8. The Labute approximate surface area is 171 Å². The maximum absolute atomic E-state index is 13.3. The van der Waals surface area contributed by atoms with Gasteiger partial charge in [-0.3, -0.25) is 24.6 Å². The summed E-state index contributed by atoms with van der Waals surface area (Å²) < 4.78 is 0. The lowest BCUT2D eigenvalue weighted by Gasteiger charge is -2.29. The zero-order valence-electron chi connectivity index (χ0n) is 15.8. The van der Waals surface area contributed by atoms with Crippen molar-refractivity contribution >= 4 is 28.9 Å². The normalized spacial score (nSPS) is 33.3. The molecule has 1 saturated heterocycles. The summed E-state index contributed by atoms with van der Waals surface area (Å²) >= 11 is 0. The van der Waals surface area contributed by atoms with E-state index in [1.54, 1.807) is 24.3 Å². The van der Waals surface area contributed by atoms with Crippen LogP contribution in [0.5, 0.6) is 0 Å². The van der Waals surface area contributed by atoms with Gasteiger partial charge in [-0.05, 0) is 36.6 Å². The van der Waals surface area contributed by atoms with Crippen LogP contribution in [0.15, 0.2) is 59.8 Å². The quantitative estimate of drug-likeness (QED) is 0.445. The summed E-state index contributed by atoms with van der Waals surface area (Å²) in [5.74, 6) is -1.16. The van der Waals surface area contributed by atoms with Gasteiger partial charge in [-0.25, -0.2) is 0 Å². The van der Waals surface area contributed by atoms with Gasteiger partial charge >= 0.3 is 0 Å². The van der Waals surface area contributed by atoms with Gasteiger partial charge in [0.15, 0.2) is 0 Å². The van der Waals surface area contributed by atoms with Gasteiger partial charge in [-0.2, -0.15) is 0 Å². The van der Waals surface area contributed by atoms with Crippen LogP contribution in [0.2, 0.25) is 0 Å². The van der Waals surface area contributed by atoms with Gasteiger partial charge in [-0.1, -0.05) is 23.4 Å². The topological polar surface area (TPSA) is 102 Å². The van der Waals surface area contributed by atoms with Crippen LogP contribution in [0.4, 0.5) is 11.4 Å². The number of carbonyl (C=O) groups excluding carboxylic acids is 2. The number of hydrogen-bond donors (Lipinski definition) is 0. The van der Waals surface area contributed by atoms with Crippen LogP contribution in [0.25, 0.3) is 0 Å². The van der Waals surface area contributed by atoms with Gasteiger partial charge in [0.1, 0.15) is 6.10 Å². The van der Waals surface area contributed by atoms with Crippen molar-refractivity contribution in [2.24, 2.45) is 34.7 Å². The van der Waals surface area contributed by atoms with Crippen molar-refractivity contribution in [3.8, 4) is 0 Å². The highest BCUT2D eigenvalue weighted by molar-refractivity contribution is 6.23. The predicted molar refractivity (Wildman–Crippen MR) is 106 cm³/mol. The molecule has 2 aliphatic heterocycles. The molecule has 8 heteroatoms. The number of amides is 2. The smallest absolute Gasteiger partial charge is 0.269 e. The fourth-order valence-corrected chi connectivity index (χ4v) is 5.95. The molecular weight excluding hydrogens is 386 g/mol. The lowest BCUT2D eigenvalue weighted by molar-refractivity contribution is -0.384. The van der Waals surface area contributed by atoms with Crippen molar-refractivity contribution in [2.75, 3.05) is 4.90 Å². The van der Waals surface area contributed by atoms with Crippen molar-refractivity contribution < 1.29 is 19.3 Å². The summed E-state index contributed by atoms with van der Waals surface area (Å²) in [5, 5.41) is 15.2. The average molecular weight is 403 g/mol. The van der Waals surface area contributed by atoms with E-state index in [1.807, 2.05) is 18.2 Å². The van der Waals surface area contributed by atoms with Crippen LogP contribution < -0.4 is 4.90 Å². The standard InChI is InChI=1S/C22H17N3O5/c26-21-16-14-10-15(17(16)22(27)24(21)12-4-2-1-3-5-12)20-18(14)19(23-30-20)11-6-8-13(9-7-11)25(28)29/h1-9,14-18,20H,10H2/t14-,15-,16+,17-,18-,20-/m1/s1. The molecule has 0 N–H and O–H groups in total. The Morgan fingerprint density at radius 2 is 1.60 bits per heavy atom. The zero-order chi connectivity index (χ0) is 20.6. The van der Waals surface area contributed by atoms with Crippen molar-refractivity contribution in [3.63, 3.8) is 0 Å². The highest BCUT2D eigenvalue weighted by Gasteiger charge is 2.70. The Bertz CT molecular complexity index is 1110. The first-order chi connectivity index (χ1) is 14.6. The third kappa shape index (κ3) is 2.13. The summed E-state index contributed by atoms with van der Waals surface area (Å²) in [6.07, 6.45) is 0.533. The van der Waals surface area contributed by atoms with Crippen molar-refractivity contribution in [2.45, 2.75) is 12.5 Å². The van der Waals surface area contributed by atoms with Gasteiger partial charge in [0.2, 0.25) is 11.8 Å². The number of non-ortho nitro benzene ring substituents is 1. The van der Waals surface area contributed by atoms with Crippen LogP contribution in [0.1, 0.15) is 12.0 Å². The lowest BCUT2D eigenvalue weighted by Crippen LogP contribution is -2.41. The van der Waals surface area contributed by atoms with E-state index < -0.39 is 4.92 Å². The Kier molecular flexibility index (Phi) is 3.45. The first-order valence-electron chi connectivity index (χ1n) is 9.97. The minimum Gasteiger partial charge on any atom is -0.391 e. The van der Waals surface area contributed by atoms with Crippen LogP contribution in [-0.4, -0.2) is 28.6 Å². The molecule has 0 unspecified atom stereocenters. The fourth-order valence-electron chi connectivity index (χ4n) is 5.95. The van der Waals surface area contributed by atoms with E-state index in [2.05, 4.69) is 5.16 Å². The average Bonchev–Trinajstić information content (AvgIpc) is 3.49. The van der Waals surface area contributed by atoms with E-state index in [0.717, 1.165) is 17.7 Å². The summed E-state index contributed by atoms with van der Waals surface area (Å²) in [4.78, 5) is 44.1. The maximum Gasteiger partial charge on any atom is 0.269 e. The molecule has 2 aromatic carbocycles. The van der Waals surface area contributed by atoms with Gasteiger partial charge in [0.05, 0.1) is 28.2 Å². The molecule has 2 bridgehead atoms. The summed E-state index contributed by atoms with van der Waals surface area (Å²) in [7, 11) is 0. The van der Waals surface area contributed by atoms with E-state index in [0.29, 0.717) is 5.69 Å². The number of hydrogen-bond acceptors (Lipinski definition) is 6. The largest absolute Gasteiger partial charge is 0.391 e. The number of rotatable bonds is 3. The van der Waals surface area contributed by atoms with Gasteiger partial charge in [-0.15, -0.1) is 0 Å². The molecule has 6 atom stereocenters. The third-order valence-electron chi connectivity index (χ3n) is 7.08. The van der Waals surface area contributed by atoms with E-state index in [9.17, 15) is 19.7 Å². The number of imide groups is 1. The SMILES string of the molecule is O=C1[C@@H]2[C@H]3C[C@@H]([C@@H]4C(c5ccc([N+](=O)[O-])cc5)=NO[C@H]34)[C@@H]2C(=O)N1c1ccccc1. The van der Waals surface area contributed by atoms with Crippen LogP contribution in [0, 0.1) is 39.7 Å². The van der Waals surface area contributed by atoms with E-state index >= 15 is 0 Å². The number of nitrogens with zero attached hydrogens (tertiary/aromatic N) is 3. The molecule has 6 rings (SSSR count). The highest BCUT2D eigenvalue weighted by atomic mass is 16.6. The number of nitro groups is 1.